The van der Waals surface area contributed by atoms with E-state index < -0.39 is 5.41 Å². The number of amides is 1. The lowest BCUT2D eigenvalue weighted by Gasteiger charge is -2.29. The third-order valence-corrected chi connectivity index (χ3v) is 5.18. The minimum absolute atomic E-state index is 0.230. The van der Waals surface area contributed by atoms with Gasteiger partial charge in [-0.3, -0.25) is 4.79 Å². The van der Waals surface area contributed by atoms with E-state index in [1.165, 1.54) is 6.42 Å². The molecule has 1 aliphatic carbocycles. The molecule has 1 aromatic carbocycles. The van der Waals surface area contributed by atoms with E-state index in [1.54, 1.807) is 0 Å². The van der Waals surface area contributed by atoms with Crippen LogP contribution >= 0.6 is 11.6 Å². The molecule has 0 radical (unpaired) electrons. The normalized spacial score (nSPS) is 19.6. The van der Waals surface area contributed by atoms with Crippen molar-refractivity contribution < 1.29 is 9.32 Å². The van der Waals surface area contributed by atoms with Gasteiger partial charge in [-0.05, 0) is 56.4 Å². The molecule has 2 aliphatic rings. The number of benzene rings is 1. The molecule has 5 heteroatoms. The second-order valence-corrected chi connectivity index (χ2v) is 6.95. The molecule has 1 amide bonds. The van der Waals surface area contributed by atoms with Crippen molar-refractivity contribution in [2.45, 2.75) is 37.5 Å². The Morgan fingerprint density at radius 2 is 1.83 bits per heavy atom. The molecule has 1 saturated carbocycles. The van der Waals surface area contributed by atoms with Crippen molar-refractivity contribution in [2.24, 2.45) is 0 Å². The summed E-state index contributed by atoms with van der Waals surface area (Å²) in [6.45, 7) is 1.75. The maximum absolute atomic E-state index is 12.9. The number of halogens is 1. The van der Waals surface area contributed by atoms with Crippen LogP contribution in [0.5, 0.6) is 0 Å². The molecule has 0 N–H and O–H groups in total. The van der Waals surface area contributed by atoms with Gasteiger partial charge in [0.05, 0.1) is 11.1 Å². The Bertz CT molecular complexity index is 713. The molecule has 4 nitrogen and oxygen atoms in total. The van der Waals surface area contributed by atoms with Crippen LogP contribution < -0.4 is 0 Å². The lowest BCUT2D eigenvalue weighted by Crippen LogP contribution is -2.42. The van der Waals surface area contributed by atoms with E-state index in [-0.39, 0.29) is 5.91 Å². The number of nitrogens with zero attached hydrogens (tertiary/aromatic N) is 2. The molecule has 4 rings (SSSR count). The third kappa shape index (κ3) is 2.65. The van der Waals surface area contributed by atoms with Crippen LogP contribution in [0.2, 0.25) is 5.02 Å². The maximum Gasteiger partial charge on any atom is 0.234 e. The SMILES string of the molecule is O=C(N1CCCCC1)C1(c2cc(-c3ccc(Cl)cc3)on2)CC1. The molecule has 0 bridgehead atoms. The van der Waals surface area contributed by atoms with Gasteiger partial charge in [0, 0.05) is 29.7 Å². The van der Waals surface area contributed by atoms with E-state index in [4.69, 9.17) is 16.1 Å². The summed E-state index contributed by atoms with van der Waals surface area (Å²) in [6.07, 6.45) is 5.18. The second-order valence-electron chi connectivity index (χ2n) is 6.52. The van der Waals surface area contributed by atoms with Gasteiger partial charge in [0.15, 0.2) is 5.76 Å². The quantitative estimate of drug-likeness (QED) is 0.853. The van der Waals surface area contributed by atoms with Gasteiger partial charge in [0.1, 0.15) is 0 Å². The molecule has 2 fully saturated rings. The van der Waals surface area contributed by atoms with Crippen LogP contribution in [0.3, 0.4) is 0 Å². The number of hydrogen-bond acceptors (Lipinski definition) is 3. The van der Waals surface area contributed by atoms with Crippen molar-refractivity contribution in [1.29, 1.82) is 0 Å². The smallest absolute Gasteiger partial charge is 0.234 e. The van der Waals surface area contributed by atoms with Gasteiger partial charge >= 0.3 is 0 Å². The number of aromatic nitrogens is 1. The van der Waals surface area contributed by atoms with E-state index in [0.717, 1.165) is 50.0 Å². The Hall–Kier alpha value is -1.81. The highest BCUT2D eigenvalue weighted by Gasteiger charge is 2.55. The monoisotopic (exact) mass is 330 g/mol. The van der Waals surface area contributed by atoms with Crippen LogP contribution in [-0.2, 0) is 10.2 Å². The van der Waals surface area contributed by atoms with Gasteiger partial charge in [-0.1, -0.05) is 16.8 Å². The molecule has 1 saturated heterocycles. The first-order valence-corrected chi connectivity index (χ1v) is 8.59. The number of likely N-dealkylation sites (tertiary alicyclic amines) is 1. The summed E-state index contributed by atoms with van der Waals surface area (Å²) in [5.41, 5.74) is 1.26. The lowest BCUT2D eigenvalue weighted by molar-refractivity contribution is -0.135. The molecule has 0 unspecified atom stereocenters. The molecular formula is C18H19ClN2O2. The summed E-state index contributed by atoms with van der Waals surface area (Å²) >= 11 is 5.92. The fourth-order valence-electron chi connectivity index (χ4n) is 3.36. The molecule has 1 aromatic heterocycles. The van der Waals surface area contributed by atoms with E-state index in [2.05, 4.69) is 5.16 Å². The predicted octanol–water partition coefficient (Wildman–Crippen LogP) is 4.04. The van der Waals surface area contributed by atoms with E-state index in [0.29, 0.717) is 10.8 Å². The molecule has 2 heterocycles. The number of piperidine rings is 1. The van der Waals surface area contributed by atoms with E-state index in [9.17, 15) is 4.79 Å². The molecule has 0 atom stereocenters. The predicted molar refractivity (Wildman–Crippen MR) is 88.3 cm³/mol. The van der Waals surface area contributed by atoms with Gasteiger partial charge in [-0.15, -0.1) is 0 Å². The zero-order valence-electron chi connectivity index (χ0n) is 12.9. The first-order valence-electron chi connectivity index (χ1n) is 8.22. The van der Waals surface area contributed by atoms with Gasteiger partial charge in [-0.2, -0.15) is 0 Å². The fourth-order valence-corrected chi connectivity index (χ4v) is 3.48. The summed E-state index contributed by atoms with van der Waals surface area (Å²) in [5.74, 6) is 0.919. The highest BCUT2D eigenvalue weighted by Crippen LogP contribution is 2.50. The highest BCUT2D eigenvalue weighted by atomic mass is 35.5. The Labute approximate surface area is 140 Å². The molecule has 0 spiro atoms. The van der Waals surface area contributed by atoms with Crippen molar-refractivity contribution >= 4 is 17.5 Å². The minimum Gasteiger partial charge on any atom is -0.356 e. The van der Waals surface area contributed by atoms with Crippen molar-refractivity contribution in [3.63, 3.8) is 0 Å². The van der Waals surface area contributed by atoms with E-state index in [1.807, 2.05) is 35.2 Å². The van der Waals surface area contributed by atoms with Crippen molar-refractivity contribution in [3.8, 4) is 11.3 Å². The largest absolute Gasteiger partial charge is 0.356 e. The Kier molecular flexibility index (Phi) is 3.64. The van der Waals surface area contributed by atoms with Crippen LogP contribution in [0.4, 0.5) is 0 Å². The van der Waals surface area contributed by atoms with Gasteiger partial charge in [-0.25, -0.2) is 0 Å². The zero-order valence-corrected chi connectivity index (χ0v) is 13.7. The van der Waals surface area contributed by atoms with Crippen LogP contribution in [0, 0.1) is 0 Å². The molecular weight excluding hydrogens is 312 g/mol. The molecule has 1 aliphatic heterocycles. The summed E-state index contributed by atoms with van der Waals surface area (Å²) in [5, 5.41) is 4.90. The average molecular weight is 331 g/mol. The lowest BCUT2D eigenvalue weighted by atomic mass is 9.98. The maximum atomic E-state index is 12.9. The highest BCUT2D eigenvalue weighted by molar-refractivity contribution is 6.30. The van der Waals surface area contributed by atoms with Gasteiger partial charge in [0.2, 0.25) is 5.91 Å². The molecule has 2 aromatic rings. The second kappa shape index (κ2) is 5.68. The van der Waals surface area contributed by atoms with Crippen LogP contribution in [0.25, 0.3) is 11.3 Å². The number of carbonyl (C=O) groups is 1. The third-order valence-electron chi connectivity index (χ3n) is 4.93. The van der Waals surface area contributed by atoms with Crippen molar-refractivity contribution in [2.75, 3.05) is 13.1 Å². The van der Waals surface area contributed by atoms with Crippen molar-refractivity contribution in [1.82, 2.24) is 10.1 Å². The van der Waals surface area contributed by atoms with Gasteiger partial charge < -0.3 is 9.42 Å². The standard InChI is InChI=1S/C18H19ClN2O2/c19-14-6-4-13(5-7-14)15-12-16(20-23-15)18(8-9-18)17(22)21-10-2-1-3-11-21/h4-7,12H,1-3,8-11H2. The fraction of sp³-hybridized carbons (Fsp3) is 0.444. The first-order chi connectivity index (χ1) is 11.2. The summed E-state index contributed by atoms with van der Waals surface area (Å²) in [6, 6.07) is 9.37. The minimum atomic E-state index is -0.439. The van der Waals surface area contributed by atoms with Crippen LogP contribution in [-0.4, -0.2) is 29.1 Å². The van der Waals surface area contributed by atoms with Crippen LogP contribution in [0.15, 0.2) is 34.9 Å². The summed E-state index contributed by atoms with van der Waals surface area (Å²) in [4.78, 5) is 14.9. The Morgan fingerprint density at radius 3 is 2.48 bits per heavy atom. The van der Waals surface area contributed by atoms with Crippen molar-refractivity contribution in [3.05, 3.63) is 41.0 Å². The van der Waals surface area contributed by atoms with Crippen LogP contribution in [0.1, 0.15) is 37.8 Å². The van der Waals surface area contributed by atoms with E-state index >= 15 is 0 Å². The summed E-state index contributed by atoms with van der Waals surface area (Å²) < 4.78 is 5.49. The molecule has 23 heavy (non-hydrogen) atoms. The summed E-state index contributed by atoms with van der Waals surface area (Å²) in [7, 11) is 0. The number of rotatable bonds is 3. The number of carbonyl (C=O) groups excluding carboxylic acids is 1. The topological polar surface area (TPSA) is 46.3 Å². The Balaban J connectivity index is 1.58. The average Bonchev–Trinajstić information content (AvgIpc) is 3.26. The van der Waals surface area contributed by atoms with Gasteiger partial charge in [0.25, 0.3) is 0 Å². The molecule has 120 valence electrons. The Morgan fingerprint density at radius 1 is 1.13 bits per heavy atom. The number of hydrogen-bond donors (Lipinski definition) is 0. The zero-order chi connectivity index (χ0) is 15.9. The first kappa shape index (κ1) is 14.8.